The van der Waals surface area contributed by atoms with Crippen molar-refractivity contribution in [3.8, 4) is 0 Å². The fourth-order valence-electron chi connectivity index (χ4n) is 2.39. The second-order valence-corrected chi connectivity index (χ2v) is 5.44. The van der Waals surface area contributed by atoms with E-state index < -0.39 is 17.8 Å². The van der Waals surface area contributed by atoms with Crippen molar-refractivity contribution in [2.24, 2.45) is 11.8 Å². The maximum atomic E-state index is 12.1. The zero-order valence-electron chi connectivity index (χ0n) is 10.0. The number of rotatable bonds is 3. The molecule has 0 aliphatic heterocycles. The maximum absolute atomic E-state index is 12.1. The molecule has 2 atom stereocenters. The van der Waals surface area contributed by atoms with E-state index in [1.807, 2.05) is 0 Å². The second kappa shape index (κ2) is 5.80. The van der Waals surface area contributed by atoms with E-state index in [-0.39, 0.29) is 5.91 Å². The molecule has 102 valence electrons. The highest BCUT2D eigenvalue weighted by Gasteiger charge is 2.37. The molecule has 2 rings (SSSR count). The highest BCUT2D eigenvalue weighted by molar-refractivity contribution is 6.35. The summed E-state index contributed by atoms with van der Waals surface area (Å²) >= 11 is 11.8. The monoisotopic (exact) mass is 301 g/mol. The first-order valence-electron chi connectivity index (χ1n) is 5.98. The van der Waals surface area contributed by atoms with Gasteiger partial charge in [0.15, 0.2) is 0 Å². The third kappa shape index (κ3) is 3.19. The molecule has 0 aromatic heterocycles. The first kappa shape index (κ1) is 14.2. The lowest BCUT2D eigenvalue weighted by Gasteiger charge is -2.16. The number of hydrogen-bond acceptors (Lipinski definition) is 2. The number of halogens is 2. The van der Waals surface area contributed by atoms with Crippen molar-refractivity contribution in [3.05, 3.63) is 28.2 Å². The van der Waals surface area contributed by atoms with Crippen LogP contribution in [0.5, 0.6) is 0 Å². The van der Waals surface area contributed by atoms with Gasteiger partial charge in [0, 0.05) is 5.02 Å². The number of carboxylic acids is 1. The summed E-state index contributed by atoms with van der Waals surface area (Å²) < 4.78 is 0. The Balaban J connectivity index is 2.12. The minimum atomic E-state index is -0.921. The largest absolute Gasteiger partial charge is 0.481 e. The van der Waals surface area contributed by atoms with Crippen LogP contribution in [0.3, 0.4) is 0 Å². The standard InChI is InChI=1S/C13H13Cl2NO3/c14-7-4-5-10(15)11(6-7)16-12(17)8-2-1-3-9(8)13(18)19/h4-6,8-9H,1-3H2,(H,16,17)(H,18,19). The van der Waals surface area contributed by atoms with Crippen LogP contribution >= 0.6 is 23.2 Å². The molecule has 4 nitrogen and oxygen atoms in total. The van der Waals surface area contributed by atoms with E-state index in [4.69, 9.17) is 28.3 Å². The Morgan fingerprint density at radius 2 is 1.89 bits per heavy atom. The minimum absolute atomic E-state index is 0.311. The summed E-state index contributed by atoms with van der Waals surface area (Å²) in [6.45, 7) is 0. The number of carbonyl (C=O) groups excluding carboxylic acids is 1. The Bertz CT molecular complexity index is 519. The van der Waals surface area contributed by atoms with E-state index in [1.165, 1.54) is 0 Å². The number of aliphatic carboxylic acids is 1. The zero-order chi connectivity index (χ0) is 14.0. The molecule has 0 spiro atoms. The van der Waals surface area contributed by atoms with Crippen LogP contribution in [0.25, 0.3) is 0 Å². The zero-order valence-corrected chi connectivity index (χ0v) is 11.5. The van der Waals surface area contributed by atoms with Gasteiger partial charge in [-0.15, -0.1) is 0 Å². The Hall–Kier alpha value is -1.26. The molecule has 0 saturated heterocycles. The molecule has 2 unspecified atom stereocenters. The van der Waals surface area contributed by atoms with Gasteiger partial charge in [0.2, 0.25) is 5.91 Å². The molecule has 0 radical (unpaired) electrons. The third-order valence-corrected chi connectivity index (χ3v) is 3.92. The van der Waals surface area contributed by atoms with E-state index >= 15 is 0 Å². The number of carbonyl (C=O) groups is 2. The van der Waals surface area contributed by atoms with Crippen LogP contribution in [0.4, 0.5) is 5.69 Å². The third-order valence-electron chi connectivity index (χ3n) is 3.36. The van der Waals surface area contributed by atoms with Crippen LogP contribution in [0.1, 0.15) is 19.3 Å². The van der Waals surface area contributed by atoms with Gasteiger partial charge in [0.05, 0.1) is 22.5 Å². The number of benzene rings is 1. The van der Waals surface area contributed by atoms with Gasteiger partial charge in [-0.3, -0.25) is 9.59 Å². The van der Waals surface area contributed by atoms with Crippen molar-refractivity contribution in [3.63, 3.8) is 0 Å². The molecule has 2 N–H and O–H groups in total. The molecule has 1 fully saturated rings. The molecule has 1 saturated carbocycles. The lowest BCUT2D eigenvalue weighted by molar-refractivity contribution is -0.145. The quantitative estimate of drug-likeness (QED) is 0.899. The summed E-state index contributed by atoms with van der Waals surface area (Å²) in [5.41, 5.74) is 0.412. The number of nitrogens with one attached hydrogen (secondary N) is 1. The van der Waals surface area contributed by atoms with Crippen LogP contribution in [0.2, 0.25) is 10.0 Å². The van der Waals surface area contributed by atoms with Gasteiger partial charge in [-0.1, -0.05) is 29.6 Å². The molecule has 1 aromatic rings. The molecular formula is C13H13Cl2NO3. The maximum Gasteiger partial charge on any atom is 0.307 e. The average molecular weight is 302 g/mol. The van der Waals surface area contributed by atoms with Crippen molar-refractivity contribution in [2.75, 3.05) is 5.32 Å². The van der Waals surface area contributed by atoms with Crippen molar-refractivity contribution in [1.29, 1.82) is 0 Å². The van der Waals surface area contributed by atoms with Gasteiger partial charge < -0.3 is 10.4 Å². The molecule has 6 heteroatoms. The Kier molecular flexibility index (Phi) is 4.32. The fourth-order valence-corrected chi connectivity index (χ4v) is 2.73. The topological polar surface area (TPSA) is 66.4 Å². The van der Waals surface area contributed by atoms with Gasteiger partial charge in [0.25, 0.3) is 0 Å². The van der Waals surface area contributed by atoms with E-state index in [0.717, 1.165) is 6.42 Å². The van der Waals surface area contributed by atoms with Gasteiger partial charge in [-0.2, -0.15) is 0 Å². The Labute approximate surface area is 120 Å². The number of hydrogen-bond donors (Lipinski definition) is 2. The fraction of sp³-hybridized carbons (Fsp3) is 0.385. The molecule has 1 aliphatic rings. The van der Waals surface area contributed by atoms with Crippen LogP contribution in [-0.4, -0.2) is 17.0 Å². The molecule has 0 bridgehead atoms. The summed E-state index contributed by atoms with van der Waals surface area (Å²) in [5.74, 6) is -2.35. The number of amides is 1. The second-order valence-electron chi connectivity index (χ2n) is 4.60. The predicted octanol–water partition coefficient (Wildman–Crippen LogP) is 3.43. The minimum Gasteiger partial charge on any atom is -0.481 e. The van der Waals surface area contributed by atoms with Gasteiger partial charge in [-0.05, 0) is 31.0 Å². The first-order chi connectivity index (χ1) is 8.99. The van der Waals surface area contributed by atoms with Gasteiger partial charge in [0.1, 0.15) is 0 Å². The molecule has 19 heavy (non-hydrogen) atoms. The van der Waals surface area contributed by atoms with Crippen LogP contribution in [0, 0.1) is 11.8 Å². The average Bonchev–Trinajstić information content (AvgIpc) is 2.83. The van der Waals surface area contributed by atoms with E-state index in [1.54, 1.807) is 18.2 Å². The molecular weight excluding hydrogens is 289 g/mol. The van der Waals surface area contributed by atoms with Gasteiger partial charge in [-0.25, -0.2) is 0 Å². The molecule has 1 aromatic carbocycles. The molecule has 0 heterocycles. The lowest BCUT2D eigenvalue weighted by atomic mass is 9.95. The lowest BCUT2D eigenvalue weighted by Crippen LogP contribution is -2.30. The molecule has 1 amide bonds. The smallest absolute Gasteiger partial charge is 0.307 e. The Morgan fingerprint density at radius 3 is 2.58 bits per heavy atom. The SMILES string of the molecule is O=C(O)C1CCCC1C(=O)Nc1cc(Cl)ccc1Cl. The van der Waals surface area contributed by atoms with Crippen LogP contribution in [-0.2, 0) is 9.59 Å². The van der Waals surface area contributed by atoms with Crippen LogP contribution in [0.15, 0.2) is 18.2 Å². The van der Waals surface area contributed by atoms with E-state index in [0.29, 0.717) is 28.6 Å². The van der Waals surface area contributed by atoms with Gasteiger partial charge >= 0.3 is 5.97 Å². The summed E-state index contributed by atoms with van der Waals surface area (Å²) in [5, 5.41) is 12.6. The van der Waals surface area contributed by atoms with Crippen molar-refractivity contribution in [1.82, 2.24) is 0 Å². The predicted molar refractivity (Wildman–Crippen MR) is 73.6 cm³/mol. The highest BCUT2D eigenvalue weighted by Crippen LogP contribution is 2.34. The van der Waals surface area contributed by atoms with Crippen LogP contribution < -0.4 is 5.32 Å². The highest BCUT2D eigenvalue weighted by atomic mass is 35.5. The van der Waals surface area contributed by atoms with E-state index in [9.17, 15) is 9.59 Å². The summed E-state index contributed by atoms with van der Waals surface area (Å²) in [6, 6.07) is 4.75. The normalized spacial score (nSPS) is 22.2. The first-order valence-corrected chi connectivity index (χ1v) is 6.73. The summed E-state index contributed by atoms with van der Waals surface area (Å²) in [4.78, 5) is 23.2. The molecule has 1 aliphatic carbocycles. The number of carboxylic acid groups (broad SMARTS) is 1. The summed E-state index contributed by atoms with van der Waals surface area (Å²) in [6.07, 6.45) is 1.87. The van der Waals surface area contributed by atoms with Crippen molar-refractivity contribution < 1.29 is 14.7 Å². The Morgan fingerprint density at radius 1 is 1.21 bits per heavy atom. The van der Waals surface area contributed by atoms with E-state index in [2.05, 4.69) is 5.32 Å². The van der Waals surface area contributed by atoms with Crippen molar-refractivity contribution >= 4 is 40.8 Å². The number of anilines is 1. The van der Waals surface area contributed by atoms with Crippen molar-refractivity contribution in [2.45, 2.75) is 19.3 Å². The summed E-state index contributed by atoms with van der Waals surface area (Å²) in [7, 11) is 0.